The number of fused-ring (bicyclic) bond motifs is 1. The molecular formula is C21H16N4O4S. The zero-order valence-corrected chi connectivity index (χ0v) is 16.5. The van der Waals surface area contributed by atoms with Gasteiger partial charge in [-0.25, -0.2) is 14.2 Å². The number of nitrogens with one attached hydrogen (secondary N) is 1. The molecule has 5 rings (SSSR count). The fraction of sp³-hybridized carbons (Fsp3) is 0.190. The van der Waals surface area contributed by atoms with Gasteiger partial charge in [-0.2, -0.15) is 0 Å². The Bertz CT molecular complexity index is 1370. The SMILES string of the molecule is O=C(OCc1nnc(C2CC2)s1)c1ccc2c(=O)n(-c3ccccc3)c(=O)[nH]c2c1. The van der Waals surface area contributed by atoms with E-state index in [1.807, 2.05) is 0 Å². The summed E-state index contributed by atoms with van der Waals surface area (Å²) in [5, 5.41) is 10.1. The molecule has 1 N–H and O–H groups in total. The minimum atomic E-state index is -0.578. The van der Waals surface area contributed by atoms with E-state index in [0.29, 0.717) is 22.0 Å². The predicted molar refractivity (Wildman–Crippen MR) is 111 cm³/mol. The normalized spacial score (nSPS) is 13.5. The van der Waals surface area contributed by atoms with Crippen LogP contribution in [0.3, 0.4) is 0 Å². The van der Waals surface area contributed by atoms with E-state index in [2.05, 4.69) is 15.2 Å². The van der Waals surface area contributed by atoms with Crippen molar-refractivity contribution in [2.24, 2.45) is 0 Å². The van der Waals surface area contributed by atoms with Crippen LogP contribution < -0.4 is 11.2 Å². The van der Waals surface area contributed by atoms with Crippen molar-refractivity contribution in [1.29, 1.82) is 0 Å². The van der Waals surface area contributed by atoms with Gasteiger partial charge in [0, 0.05) is 5.92 Å². The zero-order chi connectivity index (χ0) is 20.7. The van der Waals surface area contributed by atoms with Crippen molar-refractivity contribution in [3.63, 3.8) is 0 Å². The van der Waals surface area contributed by atoms with E-state index in [1.54, 1.807) is 30.3 Å². The Morgan fingerprint density at radius 2 is 1.93 bits per heavy atom. The van der Waals surface area contributed by atoms with E-state index >= 15 is 0 Å². The van der Waals surface area contributed by atoms with Gasteiger partial charge in [0.25, 0.3) is 5.56 Å². The Kier molecular flexibility index (Phi) is 4.51. The highest BCUT2D eigenvalue weighted by molar-refractivity contribution is 7.11. The lowest BCUT2D eigenvalue weighted by molar-refractivity contribution is 0.0472. The van der Waals surface area contributed by atoms with Crippen LogP contribution in [0.25, 0.3) is 16.6 Å². The largest absolute Gasteiger partial charge is 0.455 e. The van der Waals surface area contributed by atoms with Crippen LogP contribution in [-0.2, 0) is 11.3 Å². The van der Waals surface area contributed by atoms with Crippen LogP contribution in [-0.4, -0.2) is 25.7 Å². The van der Waals surface area contributed by atoms with Gasteiger partial charge in [0.1, 0.15) is 11.6 Å². The number of ether oxygens (including phenoxy) is 1. The third-order valence-corrected chi connectivity index (χ3v) is 5.94. The second kappa shape index (κ2) is 7.34. The molecule has 0 atom stereocenters. The number of benzene rings is 2. The number of carbonyl (C=O) groups excluding carboxylic acids is 1. The number of hydrogen-bond donors (Lipinski definition) is 1. The Morgan fingerprint density at radius 3 is 2.70 bits per heavy atom. The molecule has 150 valence electrons. The summed E-state index contributed by atoms with van der Waals surface area (Å²) in [5.41, 5.74) is -0.0516. The molecule has 1 aliphatic carbocycles. The highest BCUT2D eigenvalue weighted by Crippen LogP contribution is 2.41. The van der Waals surface area contributed by atoms with Gasteiger partial charge in [0.15, 0.2) is 5.01 Å². The lowest BCUT2D eigenvalue weighted by Crippen LogP contribution is -2.33. The monoisotopic (exact) mass is 420 g/mol. The third kappa shape index (κ3) is 3.43. The average Bonchev–Trinajstić information content (AvgIpc) is 3.50. The molecule has 1 aliphatic rings. The molecule has 2 aromatic carbocycles. The molecule has 0 aliphatic heterocycles. The van der Waals surface area contributed by atoms with E-state index in [0.717, 1.165) is 22.4 Å². The van der Waals surface area contributed by atoms with Crippen molar-refractivity contribution in [3.8, 4) is 5.69 Å². The number of H-pyrrole nitrogens is 1. The predicted octanol–water partition coefficient (Wildman–Crippen LogP) is 2.76. The van der Waals surface area contributed by atoms with Crippen LogP contribution in [0, 0.1) is 0 Å². The minimum Gasteiger partial charge on any atom is -0.455 e. The highest BCUT2D eigenvalue weighted by Gasteiger charge is 2.27. The molecule has 4 aromatic rings. The van der Waals surface area contributed by atoms with Crippen molar-refractivity contribution < 1.29 is 9.53 Å². The van der Waals surface area contributed by atoms with Gasteiger partial charge in [-0.1, -0.05) is 29.5 Å². The molecule has 0 unspecified atom stereocenters. The number of para-hydroxylation sites is 1. The van der Waals surface area contributed by atoms with Crippen molar-refractivity contribution >= 4 is 28.2 Å². The van der Waals surface area contributed by atoms with E-state index in [1.165, 1.54) is 29.5 Å². The van der Waals surface area contributed by atoms with E-state index in [9.17, 15) is 14.4 Å². The molecule has 0 spiro atoms. The van der Waals surface area contributed by atoms with Crippen LogP contribution in [0.1, 0.15) is 39.1 Å². The smallest absolute Gasteiger partial charge is 0.338 e. The molecule has 9 heteroatoms. The molecule has 0 amide bonds. The summed E-state index contributed by atoms with van der Waals surface area (Å²) in [6.45, 7) is 0.0351. The summed E-state index contributed by atoms with van der Waals surface area (Å²) >= 11 is 1.46. The molecular weight excluding hydrogens is 404 g/mol. The fourth-order valence-corrected chi connectivity index (χ4v) is 4.11. The maximum Gasteiger partial charge on any atom is 0.338 e. The minimum absolute atomic E-state index is 0.0351. The standard InChI is InChI=1S/C21H16N4O4S/c26-19-15-9-8-13(20(27)29-11-17-23-24-18(30-17)12-6-7-12)10-16(15)22-21(28)25(19)14-4-2-1-3-5-14/h1-5,8-10,12H,6-7,11H2,(H,22,28). The van der Waals surface area contributed by atoms with Crippen molar-refractivity contribution in [2.75, 3.05) is 0 Å². The summed E-state index contributed by atoms with van der Waals surface area (Å²) in [6, 6.07) is 13.1. The first-order valence-electron chi connectivity index (χ1n) is 9.44. The topological polar surface area (TPSA) is 107 Å². The number of nitrogens with zero attached hydrogens (tertiary/aromatic N) is 3. The summed E-state index contributed by atoms with van der Waals surface area (Å²) in [5.74, 6) is -0.0580. The van der Waals surface area contributed by atoms with Crippen LogP contribution in [0.15, 0.2) is 58.1 Å². The number of hydrogen-bond acceptors (Lipinski definition) is 7. The van der Waals surface area contributed by atoms with Gasteiger partial charge < -0.3 is 9.72 Å². The summed E-state index contributed by atoms with van der Waals surface area (Å²) in [6.07, 6.45) is 2.27. The van der Waals surface area contributed by atoms with Crippen LogP contribution in [0.5, 0.6) is 0 Å². The molecule has 1 saturated carbocycles. The van der Waals surface area contributed by atoms with E-state index in [4.69, 9.17) is 4.74 Å². The fourth-order valence-electron chi connectivity index (χ4n) is 3.19. The van der Waals surface area contributed by atoms with Crippen LogP contribution in [0.4, 0.5) is 0 Å². The molecule has 1 fully saturated rings. The maximum absolute atomic E-state index is 12.8. The average molecular weight is 420 g/mol. The van der Waals surface area contributed by atoms with E-state index < -0.39 is 17.2 Å². The van der Waals surface area contributed by atoms with E-state index in [-0.39, 0.29) is 17.7 Å². The van der Waals surface area contributed by atoms with Gasteiger partial charge >= 0.3 is 11.7 Å². The number of esters is 1. The third-order valence-electron chi connectivity index (χ3n) is 4.88. The molecule has 30 heavy (non-hydrogen) atoms. The van der Waals surface area contributed by atoms with Crippen LogP contribution in [0.2, 0.25) is 0 Å². The molecule has 0 radical (unpaired) electrons. The Labute approximate surface area is 173 Å². The molecule has 0 bridgehead atoms. The van der Waals surface area contributed by atoms with Gasteiger partial charge in [0.2, 0.25) is 0 Å². The van der Waals surface area contributed by atoms with Gasteiger partial charge in [-0.3, -0.25) is 4.79 Å². The number of aromatic amines is 1. The van der Waals surface area contributed by atoms with Crippen LogP contribution >= 0.6 is 11.3 Å². The lowest BCUT2D eigenvalue weighted by Gasteiger charge is -2.07. The van der Waals surface area contributed by atoms with Crippen molar-refractivity contribution in [1.82, 2.24) is 19.7 Å². The summed E-state index contributed by atoms with van der Waals surface area (Å²) in [7, 11) is 0. The Balaban J connectivity index is 1.40. The maximum atomic E-state index is 12.8. The number of aromatic nitrogens is 4. The summed E-state index contributed by atoms with van der Waals surface area (Å²) in [4.78, 5) is 40.4. The second-order valence-electron chi connectivity index (χ2n) is 7.05. The quantitative estimate of drug-likeness (QED) is 0.498. The van der Waals surface area contributed by atoms with Crippen molar-refractivity contribution in [2.45, 2.75) is 25.4 Å². The summed E-state index contributed by atoms with van der Waals surface area (Å²) < 4.78 is 6.39. The number of carbonyl (C=O) groups is 1. The van der Waals surface area contributed by atoms with Crippen molar-refractivity contribution in [3.05, 3.63) is 84.9 Å². The number of rotatable bonds is 5. The molecule has 2 heterocycles. The first-order valence-corrected chi connectivity index (χ1v) is 10.3. The van der Waals surface area contributed by atoms with Gasteiger partial charge in [-0.05, 0) is 43.2 Å². The zero-order valence-electron chi connectivity index (χ0n) is 15.7. The second-order valence-corrected chi connectivity index (χ2v) is 8.14. The molecule has 0 saturated heterocycles. The lowest BCUT2D eigenvalue weighted by atomic mass is 10.1. The molecule has 2 aromatic heterocycles. The first kappa shape index (κ1) is 18.4. The Morgan fingerprint density at radius 1 is 1.13 bits per heavy atom. The van der Waals surface area contributed by atoms with Gasteiger partial charge in [0.05, 0.1) is 22.2 Å². The first-order chi connectivity index (χ1) is 14.6. The Hall–Kier alpha value is -3.59. The highest BCUT2D eigenvalue weighted by atomic mass is 32.1. The van der Waals surface area contributed by atoms with Gasteiger partial charge in [-0.15, -0.1) is 10.2 Å². The molecule has 8 nitrogen and oxygen atoms in total.